The number of carbonyl (C=O) groups is 1. The monoisotopic (exact) mass is 370 g/mol. The minimum Gasteiger partial charge on any atom is -0.393 e. The second-order valence-corrected chi connectivity index (χ2v) is 6.96. The zero-order valence-corrected chi connectivity index (χ0v) is 14.9. The molecule has 1 aromatic carbocycles. The van der Waals surface area contributed by atoms with Gasteiger partial charge in [0, 0.05) is 17.6 Å². The maximum Gasteiger partial charge on any atom is 0.253 e. The molecule has 6 nitrogen and oxygen atoms in total. The van der Waals surface area contributed by atoms with E-state index in [1.54, 1.807) is 23.0 Å². The van der Waals surface area contributed by atoms with Crippen molar-refractivity contribution in [3.63, 3.8) is 0 Å². The molecule has 134 valence electrons. The Morgan fingerprint density at radius 1 is 1.15 bits per heavy atom. The fraction of sp³-hybridized carbons (Fsp3) is 0.316. The van der Waals surface area contributed by atoms with Gasteiger partial charge in [0.05, 0.1) is 17.2 Å². The summed E-state index contributed by atoms with van der Waals surface area (Å²) in [5.41, 5.74) is 1.37. The Morgan fingerprint density at radius 2 is 1.92 bits per heavy atom. The lowest BCUT2D eigenvalue weighted by molar-refractivity contribution is 0.0867. The SMILES string of the molecule is O=C(NC1CCC(O)CC1)c1ccc(-n2nc(Cl)c3ccccc32)nc1. The number of amides is 1. The number of nitrogens with one attached hydrogen (secondary N) is 1. The van der Waals surface area contributed by atoms with E-state index >= 15 is 0 Å². The number of fused-ring (bicyclic) bond motifs is 1. The first kappa shape index (κ1) is 17.0. The summed E-state index contributed by atoms with van der Waals surface area (Å²) >= 11 is 6.19. The fourth-order valence-corrected chi connectivity index (χ4v) is 3.57. The van der Waals surface area contributed by atoms with Crippen molar-refractivity contribution in [3.05, 3.63) is 53.3 Å². The van der Waals surface area contributed by atoms with Crippen molar-refractivity contribution in [2.24, 2.45) is 0 Å². The van der Waals surface area contributed by atoms with E-state index in [1.165, 1.54) is 0 Å². The van der Waals surface area contributed by atoms with Crippen LogP contribution in [-0.2, 0) is 0 Å². The van der Waals surface area contributed by atoms with E-state index in [0.29, 0.717) is 16.5 Å². The molecular formula is C19H19ClN4O2. The van der Waals surface area contributed by atoms with E-state index in [4.69, 9.17) is 11.6 Å². The van der Waals surface area contributed by atoms with Gasteiger partial charge in [0.2, 0.25) is 0 Å². The van der Waals surface area contributed by atoms with Crippen LogP contribution in [0.15, 0.2) is 42.6 Å². The highest BCUT2D eigenvalue weighted by atomic mass is 35.5. The molecule has 26 heavy (non-hydrogen) atoms. The standard InChI is InChI=1S/C19H19ClN4O2/c20-18-15-3-1-2-4-16(15)24(23-18)17-10-5-12(11-21-17)19(26)22-13-6-8-14(25)9-7-13/h1-5,10-11,13-14,25H,6-9H2,(H,22,26). The van der Waals surface area contributed by atoms with Crippen LogP contribution in [0.1, 0.15) is 36.0 Å². The minimum absolute atomic E-state index is 0.111. The number of aliphatic hydroxyl groups is 1. The highest BCUT2D eigenvalue weighted by molar-refractivity contribution is 6.34. The summed E-state index contributed by atoms with van der Waals surface area (Å²) in [6.07, 6.45) is 4.38. The van der Waals surface area contributed by atoms with Crippen molar-refractivity contribution in [2.45, 2.75) is 37.8 Å². The molecule has 1 aliphatic rings. The van der Waals surface area contributed by atoms with Crippen molar-refractivity contribution >= 4 is 28.4 Å². The number of benzene rings is 1. The zero-order valence-electron chi connectivity index (χ0n) is 14.1. The molecule has 1 saturated carbocycles. The summed E-state index contributed by atoms with van der Waals surface area (Å²) in [6, 6.07) is 11.3. The van der Waals surface area contributed by atoms with Crippen molar-refractivity contribution in [1.82, 2.24) is 20.1 Å². The molecule has 0 atom stereocenters. The van der Waals surface area contributed by atoms with Gasteiger partial charge in [-0.25, -0.2) is 9.67 Å². The predicted molar refractivity (Wildman–Crippen MR) is 99.6 cm³/mol. The van der Waals surface area contributed by atoms with E-state index in [2.05, 4.69) is 15.4 Å². The van der Waals surface area contributed by atoms with Gasteiger partial charge in [-0.15, -0.1) is 0 Å². The number of hydrogen-bond donors (Lipinski definition) is 2. The van der Waals surface area contributed by atoms with Crippen LogP contribution in [-0.4, -0.2) is 37.9 Å². The number of aliphatic hydroxyl groups excluding tert-OH is 1. The van der Waals surface area contributed by atoms with Gasteiger partial charge in [-0.3, -0.25) is 4.79 Å². The van der Waals surface area contributed by atoms with Crippen LogP contribution in [0.4, 0.5) is 0 Å². The molecular weight excluding hydrogens is 352 g/mol. The molecule has 0 saturated heterocycles. The Balaban J connectivity index is 1.52. The largest absolute Gasteiger partial charge is 0.393 e. The first-order valence-electron chi connectivity index (χ1n) is 8.70. The Bertz CT molecular complexity index is 930. The summed E-state index contributed by atoms with van der Waals surface area (Å²) in [4.78, 5) is 16.8. The Hall–Kier alpha value is -2.44. The minimum atomic E-state index is -0.236. The van der Waals surface area contributed by atoms with Crippen molar-refractivity contribution in [3.8, 4) is 5.82 Å². The number of nitrogens with zero attached hydrogens (tertiary/aromatic N) is 3. The summed E-state index contributed by atoms with van der Waals surface area (Å²) in [5.74, 6) is 0.458. The van der Waals surface area contributed by atoms with E-state index in [0.717, 1.165) is 36.6 Å². The molecule has 0 unspecified atom stereocenters. The molecule has 0 aliphatic heterocycles. The first-order chi connectivity index (χ1) is 12.6. The molecule has 1 amide bonds. The number of aromatic nitrogens is 3. The number of carbonyl (C=O) groups excluding carboxylic acids is 1. The normalized spacial score (nSPS) is 20.2. The number of para-hydroxylation sites is 1. The van der Waals surface area contributed by atoms with Gasteiger partial charge in [-0.2, -0.15) is 5.10 Å². The number of rotatable bonds is 3. The lowest BCUT2D eigenvalue weighted by atomic mass is 9.93. The third-order valence-electron chi connectivity index (χ3n) is 4.80. The van der Waals surface area contributed by atoms with Crippen LogP contribution in [0, 0.1) is 0 Å². The molecule has 0 spiro atoms. The molecule has 0 radical (unpaired) electrons. The summed E-state index contributed by atoms with van der Waals surface area (Å²) in [7, 11) is 0. The van der Waals surface area contributed by atoms with E-state index in [-0.39, 0.29) is 18.1 Å². The molecule has 1 aliphatic carbocycles. The van der Waals surface area contributed by atoms with Crippen LogP contribution < -0.4 is 5.32 Å². The van der Waals surface area contributed by atoms with Crippen molar-refractivity contribution < 1.29 is 9.90 Å². The van der Waals surface area contributed by atoms with Gasteiger partial charge in [0.1, 0.15) is 0 Å². The quantitative estimate of drug-likeness (QED) is 0.742. The van der Waals surface area contributed by atoms with Crippen LogP contribution in [0.5, 0.6) is 0 Å². The highest BCUT2D eigenvalue weighted by Crippen LogP contribution is 2.24. The number of hydrogen-bond acceptors (Lipinski definition) is 4. The van der Waals surface area contributed by atoms with Gasteiger partial charge in [0.25, 0.3) is 5.91 Å². The van der Waals surface area contributed by atoms with Crippen LogP contribution in [0.2, 0.25) is 5.15 Å². The average molecular weight is 371 g/mol. The number of pyridine rings is 1. The van der Waals surface area contributed by atoms with E-state index in [1.807, 2.05) is 24.3 Å². The third-order valence-corrected chi connectivity index (χ3v) is 5.08. The summed E-state index contributed by atoms with van der Waals surface area (Å²) < 4.78 is 1.67. The van der Waals surface area contributed by atoms with E-state index in [9.17, 15) is 9.90 Å². The predicted octanol–water partition coefficient (Wildman–Crippen LogP) is 3.11. The van der Waals surface area contributed by atoms with Gasteiger partial charge in [-0.05, 0) is 49.9 Å². The molecule has 2 heterocycles. The molecule has 4 rings (SSSR count). The second-order valence-electron chi connectivity index (χ2n) is 6.60. The van der Waals surface area contributed by atoms with Crippen LogP contribution in [0.3, 0.4) is 0 Å². The Labute approximate surface area is 155 Å². The third kappa shape index (κ3) is 3.30. The van der Waals surface area contributed by atoms with Gasteiger partial charge >= 0.3 is 0 Å². The lowest BCUT2D eigenvalue weighted by Crippen LogP contribution is -2.38. The highest BCUT2D eigenvalue weighted by Gasteiger charge is 2.21. The fourth-order valence-electron chi connectivity index (χ4n) is 3.34. The molecule has 1 fully saturated rings. The van der Waals surface area contributed by atoms with Crippen LogP contribution in [0.25, 0.3) is 16.7 Å². The Kier molecular flexibility index (Phi) is 4.61. The molecule has 3 aromatic rings. The molecule has 2 aromatic heterocycles. The molecule has 0 bridgehead atoms. The number of halogens is 1. The van der Waals surface area contributed by atoms with E-state index < -0.39 is 0 Å². The Morgan fingerprint density at radius 3 is 2.65 bits per heavy atom. The maximum absolute atomic E-state index is 12.4. The topological polar surface area (TPSA) is 80.0 Å². The van der Waals surface area contributed by atoms with Crippen molar-refractivity contribution in [2.75, 3.05) is 0 Å². The summed E-state index contributed by atoms with van der Waals surface area (Å²) in [5, 5.41) is 18.2. The second kappa shape index (κ2) is 7.05. The summed E-state index contributed by atoms with van der Waals surface area (Å²) in [6.45, 7) is 0. The van der Waals surface area contributed by atoms with Gasteiger partial charge < -0.3 is 10.4 Å². The van der Waals surface area contributed by atoms with Crippen molar-refractivity contribution in [1.29, 1.82) is 0 Å². The van der Waals surface area contributed by atoms with Crippen LogP contribution >= 0.6 is 11.6 Å². The van der Waals surface area contributed by atoms with Gasteiger partial charge in [0.15, 0.2) is 11.0 Å². The average Bonchev–Trinajstić information content (AvgIpc) is 3.01. The lowest BCUT2D eigenvalue weighted by Gasteiger charge is -2.26. The molecule has 7 heteroatoms. The smallest absolute Gasteiger partial charge is 0.253 e. The van der Waals surface area contributed by atoms with Gasteiger partial charge in [-0.1, -0.05) is 23.7 Å². The molecule has 2 N–H and O–H groups in total. The first-order valence-corrected chi connectivity index (χ1v) is 9.08. The maximum atomic E-state index is 12.4. The zero-order chi connectivity index (χ0) is 18.1.